The summed E-state index contributed by atoms with van der Waals surface area (Å²) < 4.78 is 5.32. The van der Waals surface area contributed by atoms with Gasteiger partial charge in [-0.3, -0.25) is 0 Å². The smallest absolute Gasteiger partial charge is 0.0466 e. The van der Waals surface area contributed by atoms with Crippen LogP contribution in [0.3, 0.4) is 0 Å². The highest BCUT2D eigenvalue weighted by Gasteiger charge is 2.14. The Kier molecular flexibility index (Phi) is 6.20. The summed E-state index contributed by atoms with van der Waals surface area (Å²) in [6.45, 7) is 10.1. The van der Waals surface area contributed by atoms with Crippen molar-refractivity contribution in [2.75, 3.05) is 32.8 Å². The predicted molar refractivity (Wildman–Crippen MR) is 60.6 cm³/mol. The molecule has 1 aliphatic heterocycles. The Bertz CT molecular complexity index is 130. The van der Waals surface area contributed by atoms with Crippen LogP contribution in [0.25, 0.3) is 0 Å². The first-order valence-corrected chi connectivity index (χ1v) is 6.13. The monoisotopic (exact) mass is 199 g/mol. The third kappa shape index (κ3) is 4.97. The fraction of sp³-hybridized carbons (Fsp3) is 1.00. The normalized spacial score (nSPS) is 20.1. The molecule has 0 saturated carbocycles. The van der Waals surface area contributed by atoms with E-state index in [1.807, 2.05) is 0 Å². The summed E-state index contributed by atoms with van der Waals surface area (Å²) in [7, 11) is 0. The molecule has 0 aliphatic carbocycles. The van der Waals surface area contributed by atoms with Crippen molar-refractivity contribution in [3.63, 3.8) is 0 Å². The van der Waals surface area contributed by atoms with Crippen LogP contribution in [0.1, 0.15) is 39.5 Å². The van der Waals surface area contributed by atoms with E-state index in [0.717, 1.165) is 19.1 Å². The van der Waals surface area contributed by atoms with Gasteiger partial charge < -0.3 is 9.64 Å². The van der Waals surface area contributed by atoms with E-state index >= 15 is 0 Å². The van der Waals surface area contributed by atoms with Crippen LogP contribution >= 0.6 is 0 Å². The second-order valence-electron chi connectivity index (χ2n) is 4.43. The minimum atomic E-state index is 0.862. The molecular formula is C12H25NO. The van der Waals surface area contributed by atoms with Gasteiger partial charge in [-0.25, -0.2) is 0 Å². The average molecular weight is 199 g/mol. The quantitative estimate of drug-likeness (QED) is 0.610. The maximum atomic E-state index is 5.32. The molecule has 1 saturated heterocycles. The van der Waals surface area contributed by atoms with Gasteiger partial charge in [0.25, 0.3) is 0 Å². The Balaban J connectivity index is 1.91. The number of likely N-dealkylation sites (tertiary alicyclic amines) is 1. The molecule has 0 aromatic rings. The third-order valence-electron chi connectivity index (χ3n) is 3.09. The predicted octanol–water partition coefficient (Wildman–Crippen LogP) is 2.54. The van der Waals surface area contributed by atoms with Crippen molar-refractivity contribution in [2.24, 2.45) is 5.92 Å². The lowest BCUT2D eigenvalue weighted by molar-refractivity contribution is 0.134. The Morgan fingerprint density at radius 3 is 2.57 bits per heavy atom. The minimum Gasteiger partial charge on any atom is -0.382 e. The first-order valence-electron chi connectivity index (χ1n) is 6.13. The van der Waals surface area contributed by atoms with Crippen LogP contribution in [0.5, 0.6) is 0 Å². The summed E-state index contributed by atoms with van der Waals surface area (Å²) in [5.74, 6) is 0.953. The fourth-order valence-corrected chi connectivity index (χ4v) is 1.97. The van der Waals surface area contributed by atoms with E-state index in [4.69, 9.17) is 4.74 Å². The standard InChI is InChI=1S/C12H25NO/c1-3-14-11-5-4-8-13-9-6-12(2)7-10-13/h12H,3-11H2,1-2H3. The first kappa shape index (κ1) is 12.0. The van der Waals surface area contributed by atoms with Crippen LogP contribution < -0.4 is 0 Å². The van der Waals surface area contributed by atoms with Gasteiger partial charge in [-0.15, -0.1) is 0 Å². The number of hydrogen-bond donors (Lipinski definition) is 0. The summed E-state index contributed by atoms with van der Waals surface area (Å²) in [6, 6.07) is 0. The van der Waals surface area contributed by atoms with Gasteiger partial charge in [-0.1, -0.05) is 6.92 Å². The molecule has 0 aromatic heterocycles. The zero-order valence-corrected chi connectivity index (χ0v) is 9.80. The Morgan fingerprint density at radius 2 is 1.93 bits per heavy atom. The van der Waals surface area contributed by atoms with E-state index in [1.165, 1.54) is 45.3 Å². The van der Waals surface area contributed by atoms with Crippen LogP contribution in [0.2, 0.25) is 0 Å². The lowest BCUT2D eigenvalue weighted by atomic mass is 9.99. The van der Waals surface area contributed by atoms with E-state index < -0.39 is 0 Å². The number of hydrogen-bond acceptors (Lipinski definition) is 2. The summed E-state index contributed by atoms with van der Waals surface area (Å²) in [5.41, 5.74) is 0. The molecule has 0 unspecified atom stereocenters. The molecule has 0 radical (unpaired) electrons. The van der Waals surface area contributed by atoms with Crippen molar-refractivity contribution in [3.8, 4) is 0 Å². The molecule has 2 nitrogen and oxygen atoms in total. The SMILES string of the molecule is CCOCCCCN1CCC(C)CC1. The molecule has 0 amide bonds. The van der Waals surface area contributed by atoms with Crippen LogP contribution in [0, 0.1) is 5.92 Å². The number of piperidine rings is 1. The zero-order valence-electron chi connectivity index (χ0n) is 9.80. The fourth-order valence-electron chi connectivity index (χ4n) is 1.97. The highest BCUT2D eigenvalue weighted by Crippen LogP contribution is 2.15. The molecule has 0 N–H and O–H groups in total. The van der Waals surface area contributed by atoms with Crippen molar-refractivity contribution in [3.05, 3.63) is 0 Å². The molecule has 1 heterocycles. The van der Waals surface area contributed by atoms with E-state index in [0.29, 0.717) is 0 Å². The van der Waals surface area contributed by atoms with E-state index in [-0.39, 0.29) is 0 Å². The topological polar surface area (TPSA) is 12.5 Å². The number of ether oxygens (including phenoxy) is 1. The minimum absolute atomic E-state index is 0.862. The van der Waals surface area contributed by atoms with Crippen molar-refractivity contribution >= 4 is 0 Å². The van der Waals surface area contributed by atoms with Crippen molar-refractivity contribution < 1.29 is 4.74 Å². The molecule has 2 heteroatoms. The van der Waals surface area contributed by atoms with E-state index in [1.54, 1.807) is 0 Å². The highest BCUT2D eigenvalue weighted by molar-refractivity contribution is 4.68. The van der Waals surface area contributed by atoms with Gasteiger partial charge in [0.1, 0.15) is 0 Å². The average Bonchev–Trinajstić information content (AvgIpc) is 2.21. The molecule has 0 bridgehead atoms. The van der Waals surface area contributed by atoms with Gasteiger partial charge in [-0.2, -0.15) is 0 Å². The molecule has 0 aromatic carbocycles. The van der Waals surface area contributed by atoms with E-state index in [9.17, 15) is 0 Å². The third-order valence-corrected chi connectivity index (χ3v) is 3.09. The molecule has 1 rings (SSSR count). The Labute approximate surface area is 88.6 Å². The molecule has 1 fully saturated rings. The van der Waals surface area contributed by atoms with Gasteiger partial charge in [0.05, 0.1) is 0 Å². The Morgan fingerprint density at radius 1 is 1.21 bits per heavy atom. The van der Waals surface area contributed by atoms with Gasteiger partial charge in [-0.05, 0) is 58.2 Å². The van der Waals surface area contributed by atoms with E-state index in [2.05, 4.69) is 18.7 Å². The van der Waals surface area contributed by atoms with Crippen molar-refractivity contribution in [1.29, 1.82) is 0 Å². The maximum Gasteiger partial charge on any atom is 0.0466 e. The summed E-state index contributed by atoms with van der Waals surface area (Å²) in [5, 5.41) is 0. The van der Waals surface area contributed by atoms with Crippen LogP contribution in [-0.4, -0.2) is 37.7 Å². The second kappa shape index (κ2) is 7.24. The first-order chi connectivity index (χ1) is 6.83. The van der Waals surface area contributed by atoms with Gasteiger partial charge in [0, 0.05) is 13.2 Å². The molecule has 0 spiro atoms. The molecular weight excluding hydrogens is 174 g/mol. The number of unbranched alkanes of at least 4 members (excludes halogenated alkanes) is 1. The molecule has 84 valence electrons. The van der Waals surface area contributed by atoms with Gasteiger partial charge in [0.2, 0.25) is 0 Å². The summed E-state index contributed by atoms with van der Waals surface area (Å²) in [4.78, 5) is 2.60. The van der Waals surface area contributed by atoms with Crippen LogP contribution in [0.4, 0.5) is 0 Å². The van der Waals surface area contributed by atoms with Crippen molar-refractivity contribution in [2.45, 2.75) is 39.5 Å². The maximum absolute atomic E-state index is 5.32. The zero-order chi connectivity index (χ0) is 10.2. The lowest BCUT2D eigenvalue weighted by Crippen LogP contribution is -2.33. The largest absolute Gasteiger partial charge is 0.382 e. The second-order valence-corrected chi connectivity index (χ2v) is 4.43. The van der Waals surface area contributed by atoms with Gasteiger partial charge >= 0.3 is 0 Å². The molecule has 14 heavy (non-hydrogen) atoms. The van der Waals surface area contributed by atoms with Gasteiger partial charge in [0.15, 0.2) is 0 Å². The summed E-state index contributed by atoms with van der Waals surface area (Å²) >= 11 is 0. The number of nitrogens with zero attached hydrogens (tertiary/aromatic N) is 1. The van der Waals surface area contributed by atoms with Crippen LogP contribution in [0.15, 0.2) is 0 Å². The highest BCUT2D eigenvalue weighted by atomic mass is 16.5. The summed E-state index contributed by atoms with van der Waals surface area (Å²) in [6.07, 6.45) is 5.31. The van der Waals surface area contributed by atoms with Crippen LogP contribution in [-0.2, 0) is 4.74 Å². The Hall–Kier alpha value is -0.0800. The van der Waals surface area contributed by atoms with Crippen molar-refractivity contribution in [1.82, 2.24) is 4.90 Å². The molecule has 0 atom stereocenters. The number of rotatable bonds is 6. The lowest BCUT2D eigenvalue weighted by Gasteiger charge is -2.30. The molecule has 1 aliphatic rings.